The topological polar surface area (TPSA) is 69.6 Å². The van der Waals surface area contributed by atoms with E-state index in [1.165, 1.54) is 6.07 Å². The Kier molecular flexibility index (Phi) is 4.57. The molecule has 0 saturated heterocycles. The summed E-state index contributed by atoms with van der Waals surface area (Å²) in [6.07, 6.45) is 0. The van der Waals surface area contributed by atoms with Gasteiger partial charge in [-0.15, -0.1) is 0 Å². The predicted molar refractivity (Wildman–Crippen MR) is 84.6 cm³/mol. The Morgan fingerprint density at radius 1 is 1.05 bits per heavy atom. The fourth-order valence-corrected chi connectivity index (χ4v) is 2.83. The number of carbonyl (C=O) groups excluding carboxylic acids is 1. The molecule has 20 heavy (non-hydrogen) atoms. The number of halogens is 3. The van der Waals surface area contributed by atoms with Gasteiger partial charge in [-0.3, -0.25) is 4.79 Å². The molecule has 104 valence electrons. The SMILES string of the molecule is O=C(Nc1ccc(Cl)cc1)c1c(O)c(Br)cc(Br)c1O. The number of rotatable bonds is 2. The first-order valence-electron chi connectivity index (χ1n) is 5.37. The third-order valence-corrected chi connectivity index (χ3v) is 3.97. The van der Waals surface area contributed by atoms with E-state index in [1.54, 1.807) is 24.3 Å². The van der Waals surface area contributed by atoms with Crippen molar-refractivity contribution >= 4 is 55.1 Å². The van der Waals surface area contributed by atoms with Gasteiger partial charge in [-0.05, 0) is 62.2 Å². The maximum atomic E-state index is 12.1. The molecule has 0 aliphatic carbocycles. The molecule has 0 unspecified atom stereocenters. The molecule has 1 amide bonds. The molecular weight excluding hydrogens is 413 g/mol. The summed E-state index contributed by atoms with van der Waals surface area (Å²) < 4.78 is 0.590. The van der Waals surface area contributed by atoms with Gasteiger partial charge in [0.15, 0.2) is 0 Å². The predicted octanol–water partition coefficient (Wildman–Crippen LogP) is 4.53. The molecule has 2 aromatic carbocycles. The van der Waals surface area contributed by atoms with E-state index in [4.69, 9.17) is 11.6 Å². The number of aromatic hydroxyl groups is 2. The van der Waals surface area contributed by atoms with Gasteiger partial charge in [0.05, 0.1) is 8.95 Å². The highest BCUT2D eigenvalue weighted by Crippen LogP contribution is 2.40. The number of amides is 1. The number of phenolic OH excluding ortho intramolecular Hbond substituents is 2. The lowest BCUT2D eigenvalue weighted by molar-refractivity contribution is 0.102. The van der Waals surface area contributed by atoms with Gasteiger partial charge in [0.1, 0.15) is 17.1 Å². The van der Waals surface area contributed by atoms with Gasteiger partial charge in [-0.25, -0.2) is 0 Å². The highest BCUT2D eigenvalue weighted by molar-refractivity contribution is 9.11. The molecule has 0 heterocycles. The van der Waals surface area contributed by atoms with Crippen molar-refractivity contribution in [2.24, 2.45) is 0 Å². The van der Waals surface area contributed by atoms with Crippen molar-refractivity contribution in [3.8, 4) is 11.5 Å². The summed E-state index contributed by atoms with van der Waals surface area (Å²) in [5.41, 5.74) is 0.274. The molecule has 7 heteroatoms. The van der Waals surface area contributed by atoms with Crippen LogP contribution in [0.15, 0.2) is 39.3 Å². The smallest absolute Gasteiger partial charge is 0.263 e. The second-order valence-electron chi connectivity index (χ2n) is 3.87. The van der Waals surface area contributed by atoms with E-state index in [1.807, 2.05) is 0 Å². The van der Waals surface area contributed by atoms with E-state index in [-0.39, 0.29) is 17.1 Å². The Bertz CT molecular complexity index is 648. The molecule has 0 aliphatic heterocycles. The second-order valence-corrected chi connectivity index (χ2v) is 6.02. The van der Waals surface area contributed by atoms with E-state index in [2.05, 4.69) is 37.2 Å². The zero-order valence-corrected chi connectivity index (χ0v) is 13.8. The van der Waals surface area contributed by atoms with Crippen molar-refractivity contribution in [2.75, 3.05) is 5.32 Å². The van der Waals surface area contributed by atoms with E-state index < -0.39 is 5.91 Å². The number of benzene rings is 2. The van der Waals surface area contributed by atoms with Crippen LogP contribution in [0.25, 0.3) is 0 Å². The fourth-order valence-electron chi connectivity index (χ4n) is 1.54. The molecule has 0 aromatic heterocycles. The Labute approximate surface area is 136 Å². The molecule has 0 saturated carbocycles. The minimum absolute atomic E-state index is 0.221. The summed E-state index contributed by atoms with van der Waals surface area (Å²) in [7, 11) is 0. The van der Waals surface area contributed by atoms with Crippen LogP contribution in [0.1, 0.15) is 10.4 Å². The molecular formula is C13H8Br2ClNO3. The zero-order chi connectivity index (χ0) is 14.9. The Balaban J connectivity index is 2.37. The van der Waals surface area contributed by atoms with Crippen LogP contribution in [0, 0.1) is 0 Å². The monoisotopic (exact) mass is 419 g/mol. The van der Waals surface area contributed by atoms with Crippen molar-refractivity contribution in [1.82, 2.24) is 0 Å². The quantitative estimate of drug-likeness (QED) is 0.667. The lowest BCUT2D eigenvalue weighted by Gasteiger charge is -2.11. The normalized spacial score (nSPS) is 10.3. The van der Waals surface area contributed by atoms with Crippen molar-refractivity contribution < 1.29 is 15.0 Å². The number of carbonyl (C=O) groups is 1. The fraction of sp³-hybridized carbons (Fsp3) is 0. The van der Waals surface area contributed by atoms with Crippen LogP contribution < -0.4 is 5.32 Å². The van der Waals surface area contributed by atoms with E-state index >= 15 is 0 Å². The van der Waals surface area contributed by atoms with Gasteiger partial charge in [0.25, 0.3) is 5.91 Å². The molecule has 0 atom stereocenters. The highest BCUT2D eigenvalue weighted by atomic mass is 79.9. The van der Waals surface area contributed by atoms with Gasteiger partial charge in [-0.1, -0.05) is 11.6 Å². The molecule has 3 N–H and O–H groups in total. The molecule has 0 fully saturated rings. The Morgan fingerprint density at radius 3 is 2.05 bits per heavy atom. The minimum atomic E-state index is -0.635. The minimum Gasteiger partial charge on any atom is -0.506 e. The van der Waals surface area contributed by atoms with E-state index in [9.17, 15) is 15.0 Å². The maximum absolute atomic E-state index is 12.1. The Hall–Kier alpha value is -1.24. The van der Waals surface area contributed by atoms with E-state index in [0.29, 0.717) is 19.7 Å². The number of nitrogens with one attached hydrogen (secondary N) is 1. The maximum Gasteiger partial charge on any atom is 0.263 e. The standard InChI is InChI=1S/C13H8Br2ClNO3/c14-8-5-9(15)12(19)10(11(8)18)13(20)17-7-3-1-6(16)2-4-7/h1-5,18-19H,(H,17,20). The van der Waals surface area contributed by atoms with Gasteiger partial charge in [0, 0.05) is 10.7 Å². The summed E-state index contributed by atoms with van der Waals surface area (Å²) in [6, 6.07) is 7.91. The molecule has 2 aromatic rings. The van der Waals surface area contributed by atoms with Crippen LogP contribution in [-0.2, 0) is 0 Å². The molecule has 0 spiro atoms. The summed E-state index contributed by atoms with van der Waals surface area (Å²) in [4.78, 5) is 12.1. The zero-order valence-electron chi connectivity index (χ0n) is 9.82. The highest BCUT2D eigenvalue weighted by Gasteiger charge is 2.21. The van der Waals surface area contributed by atoms with Crippen LogP contribution in [0.3, 0.4) is 0 Å². The van der Waals surface area contributed by atoms with Crippen LogP contribution in [-0.4, -0.2) is 16.1 Å². The molecule has 2 rings (SSSR count). The summed E-state index contributed by atoms with van der Waals surface area (Å²) in [5.74, 6) is -1.31. The lowest BCUT2D eigenvalue weighted by Crippen LogP contribution is -2.12. The van der Waals surface area contributed by atoms with Crippen molar-refractivity contribution in [1.29, 1.82) is 0 Å². The lowest BCUT2D eigenvalue weighted by atomic mass is 10.1. The van der Waals surface area contributed by atoms with E-state index in [0.717, 1.165) is 0 Å². The van der Waals surface area contributed by atoms with Crippen LogP contribution >= 0.6 is 43.5 Å². The first-order valence-corrected chi connectivity index (χ1v) is 7.33. The number of phenols is 2. The van der Waals surface area contributed by atoms with Crippen LogP contribution in [0.4, 0.5) is 5.69 Å². The van der Waals surface area contributed by atoms with Gasteiger partial charge in [0.2, 0.25) is 0 Å². The first-order chi connectivity index (χ1) is 9.40. The average molecular weight is 421 g/mol. The van der Waals surface area contributed by atoms with Crippen LogP contribution in [0.5, 0.6) is 11.5 Å². The van der Waals surface area contributed by atoms with Gasteiger partial charge >= 0.3 is 0 Å². The Morgan fingerprint density at radius 2 is 1.55 bits per heavy atom. The number of hydrogen-bond acceptors (Lipinski definition) is 3. The molecule has 0 aliphatic rings. The third kappa shape index (κ3) is 3.08. The van der Waals surface area contributed by atoms with Gasteiger partial charge < -0.3 is 15.5 Å². The number of hydrogen-bond donors (Lipinski definition) is 3. The third-order valence-electron chi connectivity index (χ3n) is 2.51. The van der Waals surface area contributed by atoms with Crippen molar-refractivity contribution in [3.05, 3.63) is 49.9 Å². The number of anilines is 1. The average Bonchev–Trinajstić information content (AvgIpc) is 2.39. The summed E-state index contributed by atoms with van der Waals surface area (Å²) >= 11 is 12.0. The first kappa shape index (κ1) is 15.2. The molecule has 4 nitrogen and oxygen atoms in total. The molecule has 0 radical (unpaired) electrons. The summed E-state index contributed by atoms with van der Waals surface area (Å²) in [6.45, 7) is 0. The second kappa shape index (κ2) is 6.03. The van der Waals surface area contributed by atoms with Crippen LogP contribution in [0.2, 0.25) is 5.02 Å². The van der Waals surface area contributed by atoms with Gasteiger partial charge in [-0.2, -0.15) is 0 Å². The van der Waals surface area contributed by atoms with Crippen molar-refractivity contribution in [3.63, 3.8) is 0 Å². The molecule has 0 bridgehead atoms. The van der Waals surface area contributed by atoms with Crippen molar-refractivity contribution in [2.45, 2.75) is 0 Å². The summed E-state index contributed by atoms with van der Waals surface area (Å²) in [5, 5.41) is 22.9. The largest absolute Gasteiger partial charge is 0.506 e.